The normalized spacial score (nSPS) is 14.9. The number of anilines is 2. The van der Waals surface area contributed by atoms with Gasteiger partial charge in [-0.05, 0) is 31.6 Å². The van der Waals surface area contributed by atoms with E-state index >= 15 is 0 Å². The van der Waals surface area contributed by atoms with Crippen LogP contribution in [0, 0.1) is 5.92 Å². The monoisotopic (exact) mass is 324 g/mol. The molecule has 1 N–H and O–H groups in total. The predicted octanol–water partition coefficient (Wildman–Crippen LogP) is 4.59. The molecule has 0 radical (unpaired) electrons. The van der Waals surface area contributed by atoms with E-state index in [0.29, 0.717) is 5.92 Å². The van der Waals surface area contributed by atoms with Crippen molar-refractivity contribution in [1.29, 1.82) is 0 Å². The third-order valence-corrected chi connectivity index (χ3v) is 4.45. The van der Waals surface area contributed by atoms with Crippen LogP contribution in [0.2, 0.25) is 0 Å². The van der Waals surface area contributed by atoms with Gasteiger partial charge in [-0.1, -0.05) is 44.2 Å². The van der Waals surface area contributed by atoms with Crippen molar-refractivity contribution in [2.45, 2.75) is 39.5 Å². The molecule has 2 heterocycles. The molecule has 1 saturated heterocycles. The van der Waals surface area contributed by atoms with Crippen LogP contribution in [0.25, 0.3) is 11.3 Å². The molecule has 1 aromatic carbocycles. The zero-order valence-electron chi connectivity index (χ0n) is 14.8. The molecule has 4 nitrogen and oxygen atoms in total. The third kappa shape index (κ3) is 4.47. The molecule has 1 aromatic heterocycles. The molecule has 24 heavy (non-hydrogen) atoms. The molecule has 0 spiro atoms. The largest absolute Gasteiger partial charge is 0.370 e. The molecule has 1 aliphatic rings. The summed E-state index contributed by atoms with van der Waals surface area (Å²) in [7, 11) is 0. The lowest BCUT2D eigenvalue weighted by atomic mass is 10.1. The van der Waals surface area contributed by atoms with Gasteiger partial charge in [0.25, 0.3) is 0 Å². The average molecular weight is 324 g/mol. The first-order valence-corrected chi connectivity index (χ1v) is 9.16. The Morgan fingerprint density at radius 3 is 2.50 bits per heavy atom. The minimum absolute atomic E-state index is 0.689. The second kappa shape index (κ2) is 8.13. The van der Waals surface area contributed by atoms with Crippen LogP contribution in [0.3, 0.4) is 0 Å². The molecule has 0 amide bonds. The first-order chi connectivity index (χ1) is 11.7. The van der Waals surface area contributed by atoms with Crippen LogP contribution in [0.4, 0.5) is 11.8 Å². The Balaban J connectivity index is 1.86. The Kier molecular flexibility index (Phi) is 5.68. The molecule has 2 aromatic rings. The van der Waals surface area contributed by atoms with Crippen LogP contribution in [0.15, 0.2) is 36.4 Å². The highest BCUT2D eigenvalue weighted by Crippen LogP contribution is 2.24. The summed E-state index contributed by atoms with van der Waals surface area (Å²) in [6.07, 6.45) is 4.92. The molecule has 3 rings (SSSR count). The zero-order valence-corrected chi connectivity index (χ0v) is 14.8. The summed E-state index contributed by atoms with van der Waals surface area (Å²) < 4.78 is 0. The molecule has 1 aliphatic heterocycles. The van der Waals surface area contributed by atoms with Gasteiger partial charge in [0.2, 0.25) is 5.95 Å². The summed E-state index contributed by atoms with van der Waals surface area (Å²) in [5.41, 5.74) is 2.14. The fourth-order valence-electron chi connectivity index (χ4n) is 3.01. The average Bonchev–Trinajstić information content (AvgIpc) is 2.63. The number of nitrogens with zero attached hydrogens (tertiary/aromatic N) is 3. The molecule has 0 aliphatic carbocycles. The molecular formula is C20H28N4. The number of nitrogens with one attached hydrogen (secondary N) is 1. The van der Waals surface area contributed by atoms with Crippen molar-refractivity contribution in [3.63, 3.8) is 0 Å². The van der Waals surface area contributed by atoms with Crippen LogP contribution in [0.1, 0.15) is 39.5 Å². The number of piperidine rings is 1. The second-order valence-electron chi connectivity index (χ2n) is 6.96. The lowest BCUT2D eigenvalue weighted by molar-refractivity contribution is 0.568. The highest BCUT2D eigenvalue weighted by atomic mass is 15.3. The fourth-order valence-corrected chi connectivity index (χ4v) is 3.01. The number of benzene rings is 1. The van der Waals surface area contributed by atoms with E-state index in [1.807, 2.05) is 6.07 Å². The zero-order chi connectivity index (χ0) is 16.8. The van der Waals surface area contributed by atoms with Crippen molar-refractivity contribution < 1.29 is 0 Å². The van der Waals surface area contributed by atoms with Gasteiger partial charge in [0, 0.05) is 31.3 Å². The van der Waals surface area contributed by atoms with E-state index in [1.54, 1.807) is 0 Å². The Bertz CT molecular complexity index is 633. The summed E-state index contributed by atoms with van der Waals surface area (Å²) in [6.45, 7) is 7.56. The minimum atomic E-state index is 0.689. The minimum Gasteiger partial charge on any atom is -0.370 e. The maximum Gasteiger partial charge on any atom is 0.227 e. The van der Waals surface area contributed by atoms with Crippen molar-refractivity contribution in [1.82, 2.24) is 9.97 Å². The van der Waals surface area contributed by atoms with Gasteiger partial charge < -0.3 is 10.2 Å². The maximum absolute atomic E-state index is 4.85. The SMILES string of the molecule is CC(C)CCNc1cc(-c2ccccc2)nc(N2CCCCC2)n1. The Labute approximate surface area is 145 Å². The molecule has 0 saturated carbocycles. The number of aromatic nitrogens is 2. The molecule has 0 atom stereocenters. The topological polar surface area (TPSA) is 41.1 Å². The fraction of sp³-hybridized carbons (Fsp3) is 0.500. The van der Waals surface area contributed by atoms with E-state index in [4.69, 9.17) is 9.97 Å². The summed E-state index contributed by atoms with van der Waals surface area (Å²) in [4.78, 5) is 12.0. The highest BCUT2D eigenvalue weighted by Gasteiger charge is 2.16. The van der Waals surface area contributed by atoms with Gasteiger partial charge in [0.15, 0.2) is 0 Å². The van der Waals surface area contributed by atoms with E-state index in [9.17, 15) is 0 Å². The van der Waals surface area contributed by atoms with E-state index in [2.05, 4.69) is 54.4 Å². The van der Waals surface area contributed by atoms with Crippen molar-refractivity contribution >= 4 is 11.8 Å². The summed E-state index contributed by atoms with van der Waals surface area (Å²) >= 11 is 0. The third-order valence-electron chi connectivity index (χ3n) is 4.45. The first-order valence-electron chi connectivity index (χ1n) is 9.16. The van der Waals surface area contributed by atoms with E-state index < -0.39 is 0 Å². The van der Waals surface area contributed by atoms with Crippen molar-refractivity contribution in [3.05, 3.63) is 36.4 Å². The summed E-state index contributed by atoms with van der Waals surface area (Å²) in [5.74, 6) is 2.49. The van der Waals surface area contributed by atoms with E-state index in [1.165, 1.54) is 19.3 Å². The van der Waals surface area contributed by atoms with E-state index in [-0.39, 0.29) is 0 Å². The Morgan fingerprint density at radius 1 is 1.04 bits per heavy atom. The Morgan fingerprint density at radius 2 is 1.79 bits per heavy atom. The molecular weight excluding hydrogens is 296 g/mol. The molecule has 0 unspecified atom stereocenters. The molecule has 128 valence electrons. The number of rotatable bonds is 6. The predicted molar refractivity (Wildman–Crippen MR) is 101 cm³/mol. The van der Waals surface area contributed by atoms with Crippen LogP contribution in [-0.4, -0.2) is 29.6 Å². The lowest BCUT2D eigenvalue weighted by Crippen LogP contribution is -2.31. The summed E-state index contributed by atoms with van der Waals surface area (Å²) in [6, 6.07) is 12.5. The first kappa shape index (κ1) is 16.7. The van der Waals surface area contributed by atoms with Gasteiger partial charge in [0.05, 0.1) is 5.69 Å². The second-order valence-corrected chi connectivity index (χ2v) is 6.96. The van der Waals surface area contributed by atoms with Gasteiger partial charge in [0.1, 0.15) is 5.82 Å². The van der Waals surface area contributed by atoms with Gasteiger partial charge in [-0.2, -0.15) is 4.98 Å². The van der Waals surface area contributed by atoms with Crippen molar-refractivity contribution in [2.24, 2.45) is 5.92 Å². The summed E-state index contributed by atoms with van der Waals surface area (Å²) in [5, 5.41) is 3.49. The quantitative estimate of drug-likeness (QED) is 0.843. The number of hydrogen-bond acceptors (Lipinski definition) is 4. The standard InChI is InChI=1S/C20H28N4/c1-16(2)11-12-21-19-15-18(17-9-5-3-6-10-17)22-20(23-19)24-13-7-4-8-14-24/h3,5-6,9-10,15-16H,4,7-8,11-14H2,1-2H3,(H,21,22,23). The van der Waals surface area contributed by atoms with Gasteiger partial charge in [-0.3, -0.25) is 0 Å². The van der Waals surface area contributed by atoms with E-state index in [0.717, 1.165) is 49.1 Å². The molecule has 1 fully saturated rings. The van der Waals surface area contributed by atoms with Crippen LogP contribution in [-0.2, 0) is 0 Å². The maximum atomic E-state index is 4.85. The number of hydrogen-bond donors (Lipinski definition) is 1. The molecule has 4 heteroatoms. The van der Waals surface area contributed by atoms with Crippen LogP contribution in [0.5, 0.6) is 0 Å². The van der Waals surface area contributed by atoms with Crippen molar-refractivity contribution in [2.75, 3.05) is 29.9 Å². The van der Waals surface area contributed by atoms with Crippen LogP contribution >= 0.6 is 0 Å². The molecule has 0 bridgehead atoms. The van der Waals surface area contributed by atoms with Gasteiger partial charge in [-0.25, -0.2) is 4.98 Å². The van der Waals surface area contributed by atoms with Gasteiger partial charge >= 0.3 is 0 Å². The smallest absolute Gasteiger partial charge is 0.227 e. The van der Waals surface area contributed by atoms with Gasteiger partial charge in [-0.15, -0.1) is 0 Å². The van der Waals surface area contributed by atoms with Crippen LogP contribution < -0.4 is 10.2 Å². The highest BCUT2D eigenvalue weighted by molar-refractivity contribution is 5.64. The van der Waals surface area contributed by atoms with Crippen molar-refractivity contribution in [3.8, 4) is 11.3 Å². The Hall–Kier alpha value is -2.10. The lowest BCUT2D eigenvalue weighted by Gasteiger charge is -2.27.